The van der Waals surface area contributed by atoms with Crippen LogP contribution in [0.3, 0.4) is 0 Å². The molecule has 4 aromatic carbocycles. The molecule has 0 spiro atoms. The van der Waals surface area contributed by atoms with Crippen molar-refractivity contribution in [3.05, 3.63) is 142 Å². The van der Waals surface area contributed by atoms with E-state index in [1.807, 2.05) is 18.2 Å². The standard InChI is InChI=1S/C29H38N2O6.C12H10/c1-2-3-10-25-11-4-5-12-26(25)18-29(14-15-29)22-36-27-13-7-16-30(19-27)28(32)35-20-23-8-6-9-24(17-23)21-37-31(33)34;1-3-7-11(8-4-1)12-9-5-2-6-10-12/h4-6,8-9,11-12,17,27H,2-3,7,10,13-16,18-22H2,1H3;1-10H. The number of amides is 1. The zero-order valence-electron chi connectivity index (χ0n) is 28.5. The molecule has 1 amide bonds. The summed E-state index contributed by atoms with van der Waals surface area (Å²) >= 11 is 0. The van der Waals surface area contributed by atoms with Gasteiger partial charge in [0.05, 0.1) is 19.3 Å². The Morgan fingerprint density at radius 2 is 1.49 bits per heavy atom. The van der Waals surface area contributed by atoms with Gasteiger partial charge in [-0.2, -0.15) is 0 Å². The number of carbonyl (C=O) groups is 1. The van der Waals surface area contributed by atoms with E-state index in [1.165, 1.54) is 47.9 Å². The van der Waals surface area contributed by atoms with Crippen molar-refractivity contribution in [2.75, 3.05) is 19.7 Å². The molecule has 0 aromatic heterocycles. The summed E-state index contributed by atoms with van der Waals surface area (Å²) in [5.74, 6) is 0. The fourth-order valence-corrected chi connectivity index (χ4v) is 6.26. The molecule has 1 saturated carbocycles. The number of hydrogen-bond donors (Lipinski definition) is 0. The van der Waals surface area contributed by atoms with Crippen LogP contribution in [0.5, 0.6) is 0 Å². The van der Waals surface area contributed by atoms with E-state index in [4.69, 9.17) is 9.47 Å². The number of ether oxygens (including phenoxy) is 2. The van der Waals surface area contributed by atoms with Crippen LogP contribution in [0.2, 0.25) is 0 Å². The van der Waals surface area contributed by atoms with Gasteiger partial charge in [-0.3, -0.25) is 0 Å². The molecule has 0 radical (unpaired) electrons. The highest BCUT2D eigenvalue weighted by molar-refractivity contribution is 5.67. The molecule has 0 N–H and O–H groups in total. The molecule has 1 heterocycles. The van der Waals surface area contributed by atoms with E-state index in [2.05, 4.69) is 84.6 Å². The first-order valence-corrected chi connectivity index (χ1v) is 17.5. The molecule has 2 aliphatic rings. The smallest absolute Gasteiger partial charge is 0.410 e. The molecule has 49 heavy (non-hydrogen) atoms. The van der Waals surface area contributed by atoms with Crippen LogP contribution in [-0.4, -0.2) is 41.9 Å². The van der Waals surface area contributed by atoms with Gasteiger partial charge >= 0.3 is 6.09 Å². The first-order valence-electron chi connectivity index (χ1n) is 17.5. The van der Waals surface area contributed by atoms with E-state index in [-0.39, 0.29) is 30.8 Å². The van der Waals surface area contributed by atoms with E-state index >= 15 is 0 Å². The Morgan fingerprint density at radius 1 is 0.857 bits per heavy atom. The molecule has 2 fully saturated rings. The molecule has 1 atom stereocenters. The lowest BCUT2D eigenvalue weighted by Crippen LogP contribution is -2.44. The van der Waals surface area contributed by atoms with Crippen molar-refractivity contribution in [2.45, 2.75) is 77.6 Å². The molecule has 1 aliphatic heterocycles. The second-order valence-electron chi connectivity index (χ2n) is 13.2. The second kappa shape index (κ2) is 18.2. The van der Waals surface area contributed by atoms with Crippen LogP contribution < -0.4 is 0 Å². The molecular weight excluding hydrogens is 616 g/mol. The van der Waals surface area contributed by atoms with Crippen molar-refractivity contribution in [3.63, 3.8) is 0 Å². The van der Waals surface area contributed by atoms with Crippen LogP contribution in [-0.2, 0) is 40.4 Å². The number of piperidine rings is 1. The third-order valence-corrected chi connectivity index (χ3v) is 9.27. The van der Waals surface area contributed by atoms with Gasteiger partial charge in [0.2, 0.25) is 0 Å². The van der Waals surface area contributed by atoms with Crippen molar-refractivity contribution in [2.24, 2.45) is 5.41 Å². The summed E-state index contributed by atoms with van der Waals surface area (Å²) < 4.78 is 11.9. The molecular formula is C41H48N2O6. The van der Waals surface area contributed by atoms with E-state index in [0.717, 1.165) is 37.9 Å². The minimum atomic E-state index is -0.820. The maximum Gasteiger partial charge on any atom is 0.410 e. The summed E-state index contributed by atoms with van der Waals surface area (Å²) in [6.07, 6.45) is 8.52. The molecule has 1 saturated heterocycles. The quantitative estimate of drug-likeness (QED) is 0.0986. The zero-order valence-corrected chi connectivity index (χ0v) is 28.5. The van der Waals surface area contributed by atoms with Gasteiger partial charge in [0, 0.05) is 6.54 Å². The molecule has 8 heteroatoms. The van der Waals surface area contributed by atoms with E-state index in [1.54, 1.807) is 23.1 Å². The normalized spacial score (nSPS) is 16.2. The van der Waals surface area contributed by atoms with Crippen LogP contribution in [0.1, 0.15) is 67.7 Å². The summed E-state index contributed by atoms with van der Waals surface area (Å²) in [6.45, 7) is 4.14. The van der Waals surface area contributed by atoms with Crippen LogP contribution in [0.4, 0.5) is 4.79 Å². The number of rotatable bonds is 14. The summed E-state index contributed by atoms with van der Waals surface area (Å²) in [7, 11) is 0. The fourth-order valence-electron chi connectivity index (χ4n) is 6.26. The number of hydrogen-bond acceptors (Lipinski definition) is 6. The van der Waals surface area contributed by atoms with Crippen molar-refractivity contribution < 1.29 is 24.2 Å². The molecule has 6 rings (SSSR count). The number of nitrogens with zero attached hydrogens (tertiary/aromatic N) is 2. The number of benzene rings is 4. The Kier molecular flexibility index (Phi) is 13.2. The summed E-state index contributed by atoms with van der Waals surface area (Å²) in [5.41, 5.74) is 7.13. The Labute approximate surface area is 290 Å². The topological polar surface area (TPSA) is 91.1 Å². The molecule has 0 bridgehead atoms. The highest BCUT2D eigenvalue weighted by Gasteiger charge is 2.44. The van der Waals surface area contributed by atoms with Gasteiger partial charge in [-0.1, -0.05) is 123 Å². The summed E-state index contributed by atoms with van der Waals surface area (Å²) in [6, 6.07) is 36.7. The number of aryl methyl sites for hydroxylation is 1. The van der Waals surface area contributed by atoms with Gasteiger partial charge in [-0.15, -0.1) is 10.1 Å². The zero-order chi connectivity index (χ0) is 34.3. The minimum Gasteiger partial charge on any atom is -0.445 e. The largest absolute Gasteiger partial charge is 0.445 e. The average molecular weight is 665 g/mol. The average Bonchev–Trinajstić information content (AvgIpc) is 3.92. The van der Waals surface area contributed by atoms with Crippen molar-refractivity contribution in [1.29, 1.82) is 0 Å². The summed E-state index contributed by atoms with van der Waals surface area (Å²) in [4.78, 5) is 29.3. The SMILES string of the molecule is CCCCc1ccccc1CC1(COC2CCCN(C(=O)OCc3cccc(CO[N+](=O)[O-])c3)C2)CC1.c1ccc(-c2ccccc2)cc1. The van der Waals surface area contributed by atoms with Gasteiger partial charge in [0.15, 0.2) is 0 Å². The number of likely N-dealkylation sites (tertiary alicyclic amines) is 1. The third-order valence-electron chi connectivity index (χ3n) is 9.27. The molecule has 258 valence electrons. The molecule has 1 unspecified atom stereocenters. The summed E-state index contributed by atoms with van der Waals surface area (Å²) in [5, 5.41) is 9.59. The highest BCUT2D eigenvalue weighted by atomic mass is 16.9. The molecule has 8 nitrogen and oxygen atoms in total. The Morgan fingerprint density at radius 3 is 2.12 bits per heavy atom. The number of carbonyl (C=O) groups excluding carboxylic acids is 1. The Hall–Kier alpha value is -4.69. The first-order chi connectivity index (χ1) is 23.9. The Balaban J connectivity index is 0.000000325. The van der Waals surface area contributed by atoms with E-state index in [9.17, 15) is 14.9 Å². The molecule has 4 aromatic rings. The lowest BCUT2D eigenvalue weighted by atomic mass is 9.92. The maximum absolute atomic E-state index is 12.7. The third kappa shape index (κ3) is 11.5. The van der Waals surface area contributed by atoms with Crippen molar-refractivity contribution in [1.82, 2.24) is 4.90 Å². The predicted molar refractivity (Wildman–Crippen MR) is 191 cm³/mol. The van der Waals surface area contributed by atoms with Gasteiger partial charge in [0.1, 0.15) is 13.2 Å². The maximum atomic E-state index is 12.7. The first kappa shape index (κ1) is 35.6. The van der Waals surface area contributed by atoms with E-state index in [0.29, 0.717) is 18.7 Å². The predicted octanol–water partition coefficient (Wildman–Crippen LogP) is 9.23. The van der Waals surface area contributed by atoms with Gasteiger partial charge in [-0.05, 0) is 83.7 Å². The van der Waals surface area contributed by atoms with Crippen LogP contribution in [0.15, 0.2) is 109 Å². The highest BCUT2D eigenvalue weighted by Crippen LogP contribution is 2.49. The van der Waals surface area contributed by atoms with Gasteiger partial charge in [0.25, 0.3) is 5.09 Å². The second-order valence-corrected chi connectivity index (χ2v) is 13.2. The lowest BCUT2D eigenvalue weighted by Gasteiger charge is -2.33. The van der Waals surface area contributed by atoms with Gasteiger partial charge in [-0.25, -0.2) is 4.79 Å². The van der Waals surface area contributed by atoms with Crippen molar-refractivity contribution in [3.8, 4) is 11.1 Å². The van der Waals surface area contributed by atoms with Crippen LogP contribution in [0.25, 0.3) is 11.1 Å². The Bertz CT molecular complexity index is 1570. The van der Waals surface area contributed by atoms with Crippen molar-refractivity contribution >= 4 is 6.09 Å². The van der Waals surface area contributed by atoms with E-state index < -0.39 is 5.09 Å². The number of unbranched alkanes of at least 4 members (excludes halogenated alkanes) is 1. The van der Waals surface area contributed by atoms with Gasteiger partial charge < -0.3 is 19.2 Å². The fraction of sp³-hybridized carbons (Fsp3) is 0.390. The van der Waals surface area contributed by atoms with Crippen LogP contribution in [0, 0.1) is 15.5 Å². The lowest BCUT2D eigenvalue weighted by molar-refractivity contribution is -0.763. The minimum absolute atomic E-state index is 0.0247. The monoisotopic (exact) mass is 664 g/mol. The molecule has 1 aliphatic carbocycles. The van der Waals surface area contributed by atoms with Crippen LogP contribution >= 0.6 is 0 Å².